The van der Waals surface area contributed by atoms with Gasteiger partial charge in [-0.05, 0) is 31.2 Å². The molecule has 0 spiro atoms. The first-order valence-electron chi connectivity index (χ1n) is 10.2. The van der Waals surface area contributed by atoms with Gasteiger partial charge in [0.05, 0.1) is 35.7 Å². The summed E-state index contributed by atoms with van der Waals surface area (Å²) in [4.78, 5) is 38.3. The molecule has 0 radical (unpaired) electrons. The maximum absolute atomic E-state index is 12.9. The van der Waals surface area contributed by atoms with Crippen LogP contribution in [0, 0.1) is 6.92 Å². The quantitative estimate of drug-likeness (QED) is 0.491. The maximum Gasteiger partial charge on any atom is 0.406 e. The summed E-state index contributed by atoms with van der Waals surface area (Å²) in [6, 6.07) is 11.9. The minimum atomic E-state index is -4.58. The minimum Gasteiger partial charge on any atom is -0.467 e. The lowest BCUT2D eigenvalue weighted by Gasteiger charge is -2.22. The van der Waals surface area contributed by atoms with Crippen molar-refractivity contribution >= 4 is 29.3 Å². The first-order chi connectivity index (χ1) is 16.1. The highest BCUT2D eigenvalue weighted by atomic mass is 32.2. The molecule has 2 heterocycles. The van der Waals surface area contributed by atoms with Crippen LogP contribution in [0.4, 0.5) is 18.9 Å². The van der Waals surface area contributed by atoms with Crippen LogP contribution in [0.25, 0.3) is 5.69 Å². The summed E-state index contributed by atoms with van der Waals surface area (Å²) < 4.78 is 46.7. The Morgan fingerprint density at radius 3 is 2.44 bits per heavy atom. The maximum atomic E-state index is 12.9. The molecule has 3 rings (SSSR count). The van der Waals surface area contributed by atoms with Crippen LogP contribution in [0.2, 0.25) is 0 Å². The number of alkyl halides is 3. The van der Waals surface area contributed by atoms with Gasteiger partial charge < -0.3 is 14.6 Å². The molecule has 3 aromatic rings. The molecule has 0 saturated carbocycles. The highest BCUT2D eigenvalue weighted by Gasteiger charge is 2.33. The Morgan fingerprint density at radius 2 is 1.82 bits per heavy atom. The number of benzene rings is 1. The number of para-hydroxylation sites is 1. The number of carbonyl (C=O) groups excluding carboxylic acids is 2. The first-order valence-corrected chi connectivity index (χ1v) is 11.3. The van der Waals surface area contributed by atoms with E-state index in [2.05, 4.69) is 5.32 Å². The fourth-order valence-electron chi connectivity index (χ4n) is 3.25. The number of hydrogen-bond acceptors (Lipinski definition) is 5. The monoisotopic (exact) mass is 496 g/mol. The van der Waals surface area contributed by atoms with E-state index in [0.29, 0.717) is 16.3 Å². The number of thioether (sulfide) groups is 1. The zero-order valence-corrected chi connectivity index (χ0v) is 19.3. The van der Waals surface area contributed by atoms with Gasteiger partial charge in [0, 0.05) is 7.05 Å². The SMILES string of the molecule is Cc1c(NC(=O)CSCC(=O)N(Cc2ccco2)CC(F)(F)F)c(=O)n(-c2ccccc2)n1C. The summed E-state index contributed by atoms with van der Waals surface area (Å²) in [7, 11) is 1.68. The highest BCUT2D eigenvalue weighted by Crippen LogP contribution is 2.20. The van der Waals surface area contributed by atoms with E-state index in [1.54, 1.807) is 42.9 Å². The molecule has 0 aliphatic carbocycles. The van der Waals surface area contributed by atoms with Crippen LogP contribution in [0.1, 0.15) is 11.5 Å². The number of hydrogen-bond donors (Lipinski definition) is 1. The summed E-state index contributed by atoms with van der Waals surface area (Å²) in [5, 5.41) is 2.55. The molecule has 12 heteroatoms. The number of nitrogens with zero attached hydrogens (tertiary/aromatic N) is 3. The Labute approximate surface area is 197 Å². The third-order valence-electron chi connectivity index (χ3n) is 4.93. The summed E-state index contributed by atoms with van der Waals surface area (Å²) in [5.41, 5.74) is 0.827. The van der Waals surface area contributed by atoms with E-state index in [-0.39, 0.29) is 29.5 Å². The number of aromatic nitrogens is 2. The molecule has 182 valence electrons. The number of carbonyl (C=O) groups is 2. The lowest BCUT2D eigenvalue weighted by Crippen LogP contribution is -2.39. The highest BCUT2D eigenvalue weighted by molar-refractivity contribution is 8.00. The second-order valence-corrected chi connectivity index (χ2v) is 8.41. The average molecular weight is 497 g/mol. The number of furan rings is 1. The summed E-state index contributed by atoms with van der Waals surface area (Å²) in [6.45, 7) is -0.0847. The number of anilines is 1. The Hall–Kier alpha value is -3.41. The number of rotatable bonds is 9. The van der Waals surface area contributed by atoms with Crippen molar-refractivity contribution in [3.05, 3.63) is 70.5 Å². The van der Waals surface area contributed by atoms with Gasteiger partial charge in [0.2, 0.25) is 11.8 Å². The van der Waals surface area contributed by atoms with Gasteiger partial charge in [0.1, 0.15) is 18.0 Å². The van der Waals surface area contributed by atoms with E-state index < -0.39 is 30.1 Å². The molecule has 0 fully saturated rings. The molecule has 0 aliphatic heterocycles. The van der Waals surface area contributed by atoms with Crippen LogP contribution in [0.15, 0.2) is 57.9 Å². The van der Waals surface area contributed by atoms with E-state index in [4.69, 9.17) is 4.42 Å². The number of amides is 2. The summed E-state index contributed by atoms with van der Waals surface area (Å²) >= 11 is 0.858. The lowest BCUT2D eigenvalue weighted by molar-refractivity contribution is -0.161. The second-order valence-electron chi connectivity index (χ2n) is 7.42. The van der Waals surface area contributed by atoms with E-state index in [0.717, 1.165) is 11.8 Å². The first kappa shape index (κ1) is 25.2. The van der Waals surface area contributed by atoms with Gasteiger partial charge in [-0.3, -0.25) is 19.1 Å². The molecule has 2 amide bonds. The Kier molecular flexibility index (Phi) is 7.92. The van der Waals surface area contributed by atoms with Crippen LogP contribution in [0.5, 0.6) is 0 Å². The van der Waals surface area contributed by atoms with Gasteiger partial charge in [-0.25, -0.2) is 4.68 Å². The molecule has 2 aromatic heterocycles. The van der Waals surface area contributed by atoms with Gasteiger partial charge >= 0.3 is 6.18 Å². The average Bonchev–Trinajstić information content (AvgIpc) is 3.35. The normalized spacial score (nSPS) is 11.4. The van der Waals surface area contributed by atoms with Crippen LogP contribution in [-0.4, -0.2) is 50.3 Å². The third-order valence-corrected chi connectivity index (χ3v) is 5.84. The summed E-state index contributed by atoms with van der Waals surface area (Å²) in [5.74, 6) is -1.67. The molecule has 0 saturated heterocycles. The molecule has 1 aromatic carbocycles. The van der Waals surface area contributed by atoms with Crippen LogP contribution in [0.3, 0.4) is 0 Å². The molecule has 0 unspecified atom stereocenters. The van der Waals surface area contributed by atoms with E-state index >= 15 is 0 Å². The van der Waals surface area contributed by atoms with Crippen molar-refractivity contribution in [3.63, 3.8) is 0 Å². The zero-order chi connectivity index (χ0) is 24.9. The fraction of sp³-hybridized carbons (Fsp3) is 0.318. The molecule has 34 heavy (non-hydrogen) atoms. The summed E-state index contributed by atoms with van der Waals surface area (Å²) in [6.07, 6.45) is -3.27. The van der Waals surface area contributed by atoms with Crippen molar-refractivity contribution in [2.24, 2.45) is 7.05 Å². The van der Waals surface area contributed by atoms with Gasteiger partial charge in [-0.1, -0.05) is 18.2 Å². The van der Waals surface area contributed by atoms with Gasteiger partial charge in [-0.15, -0.1) is 11.8 Å². The molecule has 0 bridgehead atoms. The van der Waals surface area contributed by atoms with Crippen LogP contribution >= 0.6 is 11.8 Å². The van der Waals surface area contributed by atoms with Crippen molar-refractivity contribution in [2.75, 3.05) is 23.4 Å². The van der Waals surface area contributed by atoms with Crippen LogP contribution in [-0.2, 0) is 23.2 Å². The van der Waals surface area contributed by atoms with Crippen molar-refractivity contribution in [1.82, 2.24) is 14.3 Å². The number of nitrogens with one attached hydrogen (secondary N) is 1. The van der Waals surface area contributed by atoms with Crippen molar-refractivity contribution in [3.8, 4) is 5.69 Å². The Balaban J connectivity index is 1.60. The van der Waals surface area contributed by atoms with E-state index in [9.17, 15) is 27.6 Å². The second kappa shape index (κ2) is 10.7. The van der Waals surface area contributed by atoms with Gasteiger partial charge in [0.25, 0.3) is 5.56 Å². The fourth-order valence-corrected chi connectivity index (χ4v) is 3.97. The predicted octanol–water partition coefficient (Wildman–Crippen LogP) is 3.34. The van der Waals surface area contributed by atoms with Crippen molar-refractivity contribution in [1.29, 1.82) is 0 Å². The van der Waals surface area contributed by atoms with Crippen molar-refractivity contribution < 1.29 is 27.2 Å². The molecular formula is C22H23F3N4O4S. The largest absolute Gasteiger partial charge is 0.467 e. The standard InChI is InChI=1S/C22H23F3N4O4S/c1-15-20(21(32)29(27(15)2)16-7-4-3-5-8-16)26-18(30)12-34-13-19(31)28(14-22(23,24)25)11-17-9-6-10-33-17/h3-10H,11-14H2,1-2H3,(H,26,30). The van der Waals surface area contributed by atoms with E-state index in [1.165, 1.54) is 23.1 Å². The molecule has 8 nitrogen and oxygen atoms in total. The molecule has 1 N–H and O–H groups in total. The van der Waals surface area contributed by atoms with Gasteiger partial charge in [0.15, 0.2) is 0 Å². The van der Waals surface area contributed by atoms with Gasteiger partial charge in [-0.2, -0.15) is 13.2 Å². The van der Waals surface area contributed by atoms with Crippen LogP contribution < -0.4 is 10.9 Å². The van der Waals surface area contributed by atoms with Crippen molar-refractivity contribution in [2.45, 2.75) is 19.6 Å². The minimum absolute atomic E-state index is 0.0970. The molecular weight excluding hydrogens is 473 g/mol. The predicted molar refractivity (Wildman–Crippen MR) is 122 cm³/mol. The topological polar surface area (TPSA) is 89.5 Å². The molecule has 0 atom stereocenters. The lowest BCUT2D eigenvalue weighted by atomic mass is 10.3. The Morgan fingerprint density at radius 1 is 1.12 bits per heavy atom. The zero-order valence-electron chi connectivity index (χ0n) is 18.5. The smallest absolute Gasteiger partial charge is 0.406 e. The molecule has 0 aliphatic rings. The van der Waals surface area contributed by atoms with E-state index in [1.807, 2.05) is 6.07 Å². The Bertz CT molecular complexity index is 1190. The third kappa shape index (κ3) is 6.34. The number of halogens is 3.